The lowest BCUT2D eigenvalue weighted by Gasteiger charge is -2.09. The summed E-state index contributed by atoms with van der Waals surface area (Å²) in [5, 5.41) is 12.8. The fourth-order valence-corrected chi connectivity index (χ4v) is 2.27. The van der Waals surface area contributed by atoms with Crippen LogP contribution < -0.4 is 5.32 Å². The van der Waals surface area contributed by atoms with Gasteiger partial charge in [0.05, 0.1) is 10.0 Å². The molecule has 0 atom stereocenters. The van der Waals surface area contributed by atoms with Crippen molar-refractivity contribution >= 4 is 34.8 Å². The lowest BCUT2D eigenvalue weighted by atomic mass is 10.3. The molecular weight excluding hydrogens is 299 g/mol. The normalized spacial score (nSPS) is 10.6. The van der Waals surface area contributed by atoms with E-state index < -0.39 is 0 Å². The number of aryl methyl sites for hydroxylation is 1. The van der Waals surface area contributed by atoms with E-state index in [0.29, 0.717) is 22.9 Å². The van der Waals surface area contributed by atoms with Crippen molar-refractivity contribution in [3.63, 3.8) is 0 Å². The highest BCUT2D eigenvalue weighted by Crippen LogP contribution is 2.26. The molecule has 0 saturated heterocycles. The lowest BCUT2D eigenvalue weighted by molar-refractivity contribution is 0.101. The van der Waals surface area contributed by atoms with E-state index in [1.54, 1.807) is 22.9 Å². The van der Waals surface area contributed by atoms with Gasteiger partial charge >= 0.3 is 0 Å². The zero-order chi connectivity index (χ0) is 14.7. The zero-order valence-electron chi connectivity index (χ0n) is 10.9. The maximum Gasteiger partial charge on any atom is 0.272 e. The largest absolute Gasteiger partial charge is 0.506 e. The summed E-state index contributed by atoms with van der Waals surface area (Å²) < 4.78 is 1.81. The quantitative estimate of drug-likeness (QED) is 0.833. The van der Waals surface area contributed by atoms with Gasteiger partial charge in [0.2, 0.25) is 0 Å². The van der Waals surface area contributed by atoms with Crippen LogP contribution in [0.5, 0.6) is 5.75 Å². The third kappa shape index (κ3) is 3.26. The van der Waals surface area contributed by atoms with Crippen LogP contribution in [-0.4, -0.2) is 15.6 Å². The van der Waals surface area contributed by atoms with Gasteiger partial charge in [-0.1, -0.05) is 30.1 Å². The molecule has 0 bridgehead atoms. The van der Waals surface area contributed by atoms with Crippen LogP contribution in [0.1, 0.15) is 23.8 Å². The first-order chi connectivity index (χ1) is 9.51. The zero-order valence-corrected chi connectivity index (χ0v) is 12.4. The molecule has 1 aromatic heterocycles. The molecule has 2 N–H and O–H groups in total. The van der Waals surface area contributed by atoms with Gasteiger partial charge < -0.3 is 15.0 Å². The van der Waals surface area contributed by atoms with Crippen molar-refractivity contribution < 1.29 is 9.90 Å². The van der Waals surface area contributed by atoms with E-state index in [-0.39, 0.29) is 16.7 Å². The molecule has 0 saturated carbocycles. The summed E-state index contributed by atoms with van der Waals surface area (Å²) in [7, 11) is 0. The molecule has 106 valence electrons. The Labute approximate surface area is 126 Å². The van der Waals surface area contributed by atoms with E-state index in [1.807, 2.05) is 6.92 Å². The van der Waals surface area contributed by atoms with Crippen molar-refractivity contribution in [2.45, 2.75) is 19.9 Å². The number of benzene rings is 1. The highest BCUT2D eigenvalue weighted by Gasteiger charge is 2.13. The molecule has 4 nitrogen and oxygen atoms in total. The van der Waals surface area contributed by atoms with Gasteiger partial charge in [-0.25, -0.2) is 0 Å². The number of nitrogens with one attached hydrogen (secondary N) is 1. The van der Waals surface area contributed by atoms with E-state index in [0.717, 1.165) is 6.42 Å². The van der Waals surface area contributed by atoms with Crippen molar-refractivity contribution in [2.24, 2.45) is 0 Å². The number of phenols is 1. The van der Waals surface area contributed by atoms with Crippen LogP contribution in [0.15, 0.2) is 30.5 Å². The fourth-order valence-electron chi connectivity index (χ4n) is 1.87. The van der Waals surface area contributed by atoms with Crippen molar-refractivity contribution in [1.82, 2.24) is 4.57 Å². The number of halogens is 2. The van der Waals surface area contributed by atoms with Crippen LogP contribution in [0.3, 0.4) is 0 Å². The fraction of sp³-hybridized carbons (Fsp3) is 0.214. The number of aromatic hydroxyl groups is 1. The topological polar surface area (TPSA) is 54.3 Å². The van der Waals surface area contributed by atoms with Gasteiger partial charge in [-0.15, -0.1) is 0 Å². The summed E-state index contributed by atoms with van der Waals surface area (Å²) in [6, 6.07) is 6.11. The van der Waals surface area contributed by atoms with Gasteiger partial charge in [0, 0.05) is 18.4 Å². The second-order valence-corrected chi connectivity index (χ2v) is 5.20. The molecule has 0 radical (unpaired) electrons. The van der Waals surface area contributed by atoms with Crippen molar-refractivity contribution in [3.05, 3.63) is 46.2 Å². The monoisotopic (exact) mass is 312 g/mol. The molecular formula is C14H14Cl2N2O2. The van der Waals surface area contributed by atoms with E-state index in [9.17, 15) is 9.90 Å². The second kappa shape index (κ2) is 6.20. The first kappa shape index (κ1) is 14.8. The number of carbonyl (C=O) groups excluding carboxylic acids is 1. The third-order valence-electron chi connectivity index (χ3n) is 2.77. The van der Waals surface area contributed by atoms with Gasteiger partial charge in [-0.05, 0) is 30.7 Å². The lowest BCUT2D eigenvalue weighted by Crippen LogP contribution is -2.16. The average Bonchev–Trinajstić information content (AvgIpc) is 2.75. The predicted octanol–water partition coefficient (Wildman–Crippen LogP) is 4.16. The third-order valence-corrected chi connectivity index (χ3v) is 3.28. The maximum atomic E-state index is 12.2. The van der Waals surface area contributed by atoms with E-state index >= 15 is 0 Å². The number of anilines is 1. The second-order valence-electron chi connectivity index (χ2n) is 4.36. The molecule has 2 rings (SSSR count). The van der Waals surface area contributed by atoms with E-state index in [2.05, 4.69) is 5.32 Å². The molecule has 1 aromatic carbocycles. The van der Waals surface area contributed by atoms with E-state index in [4.69, 9.17) is 23.2 Å². The Morgan fingerprint density at radius 3 is 2.75 bits per heavy atom. The summed E-state index contributed by atoms with van der Waals surface area (Å²) in [5.74, 6) is -0.297. The predicted molar refractivity (Wildman–Crippen MR) is 80.8 cm³/mol. The molecule has 0 aliphatic rings. The van der Waals surface area contributed by atoms with Crippen LogP contribution in [-0.2, 0) is 6.54 Å². The SMILES string of the molecule is CCCn1cc(Cl)cc1C(=O)Nc1ccc(O)c(Cl)c1. The number of aromatic nitrogens is 1. The summed E-state index contributed by atoms with van der Waals surface area (Å²) in [6.07, 6.45) is 2.63. The number of phenolic OH excluding ortho intramolecular Hbond substituents is 1. The van der Waals surface area contributed by atoms with Crippen molar-refractivity contribution in [2.75, 3.05) is 5.32 Å². The Morgan fingerprint density at radius 2 is 2.10 bits per heavy atom. The highest BCUT2D eigenvalue weighted by molar-refractivity contribution is 6.32. The van der Waals surface area contributed by atoms with Crippen LogP contribution in [0.4, 0.5) is 5.69 Å². The summed E-state index contributed by atoms with van der Waals surface area (Å²) in [6.45, 7) is 2.74. The van der Waals surface area contributed by atoms with Gasteiger partial charge in [0.15, 0.2) is 0 Å². The van der Waals surface area contributed by atoms with Crippen LogP contribution >= 0.6 is 23.2 Å². The number of carbonyl (C=O) groups is 1. The minimum absolute atomic E-state index is 0.0259. The van der Waals surface area contributed by atoms with Gasteiger partial charge in [0.1, 0.15) is 11.4 Å². The summed E-state index contributed by atoms with van der Waals surface area (Å²) in [4.78, 5) is 12.2. The Hall–Kier alpha value is -1.65. The van der Waals surface area contributed by atoms with Gasteiger partial charge in [-0.3, -0.25) is 4.79 Å². The first-order valence-electron chi connectivity index (χ1n) is 6.16. The standard InChI is InChI=1S/C14H14Cl2N2O2/c1-2-5-18-8-9(15)6-12(18)14(20)17-10-3-4-13(19)11(16)7-10/h3-4,6-8,19H,2,5H2,1H3,(H,17,20). The average molecular weight is 313 g/mol. The van der Waals surface area contributed by atoms with Crippen LogP contribution in [0.25, 0.3) is 0 Å². The minimum Gasteiger partial charge on any atom is -0.506 e. The highest BCUT2D eigenvalue weighted by atomic mass is 35.5. The number of nitrogens with zero attached hydrogens (tertiary/aromatic N) is 1. The van der Waals surface area contributed by atoms with Crippen molar-refractivity contribution in [3.8, 4) is 5.75 Å². The van der Waals surface area contributed by atoms with Gasteiger partial charge in [0.25, 0.3) is 5.91 Å². The number of amides is 1. The molecule has 1 heterocycles. The Bertz CT molecular complexity index is 638. The Morgan fingerprint density at radius 1 is 1.35 bits per heavy atom. The minimum atomic E-state index is -0.271. The number of hydrogen-bond donors (Lipinski definition) is 2. The molecule has 1 amide bonds. The van der Waals surface area contributed by atoms with Crippen LogP contribution in [0.2, 0.25) is 10.0 Å². The molecule has 20 heavy (non-hydrogen) atoms. The summed E-state index contributed by atoms with van der Waals surface area (Å²) >= 11 is 11.7. The van der Waals surface area contributed by atoms with Crippen LogP contribution in [0, 0.1) is 0 Å². The van der Waals surface area contributed by atoms with Gasteiger partial charge in [-0.2, -0.15) is 0 Å². The molecule has 6 heteroatoms. The molecule has 0 aliphatic heterocycles. The molecule has 0 fully saturated rings. The maximum absolute atomic E-state index is 12.2. The molecule has 0 unspecified atom stereocenters. The van der Waals surface area contributed by atoms with E-state index in [1.165, 1.54) is 12.1 Å². The molecule has 0 spiro atoms. The Kier molecular flexibility index (Phi) is 4.57. The van der Waals surface area contributed by atoms with Crippen molar-refractivity contribution in [1.29, 1.82) is 0 Å². The Balaban J connectivity index is 2.21. The molecule has 0 aliphatic carbocycles. The summed E-state index contributed by atoms with van der Waals surface area (Å²) in [5.41, 5.74) is 0.999. The smallest absolute Gasteiger partial charge is 0.272 e. The first-order valence-corrected chi connectivity index (χ1v) is 6.92. The molecule has 2 aromatic rings. The number of hydrogen-bond acceptors (Lipinski definition) is 2. The number of rotatable bonds is 4.